The average Bonchev–Trinajstić information content (AvgIpc) is 2.32. The minimum Gasteiger partial charge on any atom is -0.481 e. The number of piperidine rings is 1. The molecule has 0 saturated carbocycles. The molecule has 1 unspecified atom stereocenters. The second-order valence-corrected chi connectivity index (χ2v) is 5.90. The number of carboxylic acid groups (broad SMARTS) is 1. The SMILES string of the molecule is CC1(C)CCC(CC(=O)O)CN1c1ccc(F)cc1. The van der Waals surface area contributed by atoms with Crippen LogP contribution >= 0.6 is 0 Å². The van der Waals surface area contributed by atoms with E-state index in [0.29, 0.717) is 6.54 Å². The molecule has 2 rings (SSSR count). The lowest BCUT2D eigenvalue weighted by atomic mass is 9.83. The molecule has 1 N–H and O–H groups in total. The van der Waals surface area contributed by atoms with Crippen LogP contribution in [0.25, 0.3) is 0 Å². The summed E-state index contributed by atoms with van der Waals surface area (Å²) in [5.41, 5.74) is 0.939. The molecule has 104 valence electrons. The predicted molar refractivity (Wildman–Crippen MR) is 72.8 cm³/mol. The number of nitrogens with zero attached hydrogens (tertiary/aromatic N) is 1. The highest BCUT2D eigenvalue weighted by atomic mass is 19.1. The summed E-state index contributed by atoms with van der Waals surface area (Å²) in [6.45, 7) is 5.01. The molecule has 1 atom stereocenters. The third-order valence-corrected chi connectivity index (χ3v) is 3.94. The number of hydrogen-bond donors (Lipinski definition) is 1. The number of hydrogen-bond acceptors (Lipinski definition) is 2. The zero-order valence-electron chi connectivity index (χ0n) is 11.4. The van der Waals surface area contributed by atoms with Crippen LogP contribution in [0.4, 0.5) is 10.1 Å². The maximum absolute atomic E-state index is 13.0. The number of halogens is 1. The van der Waals surface area contributed by atoms with Crippen LogP contribution in [0.5, 0.6) is 0 Å². The zero-order valence-corrected chi connectivity index (χ0v) is 11.4. The van der Waals surface area contributed by atoms with Gasteiger partial charge in [0.15, 0.2) is 0 Å². The maximum Gasteiger partial charge on any atom is 0.303 e. The van der Waals surface area contributed by atoms with Gasteiger partial charge in [-0.3, -0.25) is 4.79 Å². The average molecular weight is 265 g/mol. The third-order valence-electron chi connectivity index (χ3n) is 3.94. The molecule has 0 aliphatic carbocycles. The number of rotatable bonds is 3. The molecule has 1 aromatic rings. The molecule has 0 radical (unpaired) electrons. The second kappa shape index (κ2) is 5.19. The number of benzene rings is 1. The van der Waals surface area contributed by atoms with Crippen molar-refractivity contribution in [3.05, 3.63) is 30.1 Å². The minimum atomic E-state index is -0.747. The fourth-order valence-corrected chi connectivity index (χ4v) is 2.78. The Balaban J connectivity index is 2.19. The lowest BCUT2D eigenvalue weighted by Gasteiger charge is -2.47. The molecular weight excluding hydrogens is 245 g/mol. The van der Waals surface area contributed by atoms with Crippen molar-refractivity contribution >= 4 is 11.7 Å². The molecule has 0 bridgehead atoms. The maximum atomic E-state index is 13.0. The molecule has 1 aliphatic rings. The Morgan fingerprint density at radius 2 is 2.05 bits per heavy atom. The van der Waals surface area contributed by atoms with Crippen LogP contribution in [0.2, 0.25) is 0 Å². The molecule has 1 fully saturated rings. The normalized spacial score (nSPS) is 22.3. The summed E-state index contributed by atoms with van der Waals surface area (Å²) in [6, 6.07) is 6.43. The highest BCUT2D eigenvalue weighted by molar-refractivity contribution is 5.67. The van der Waals surface area contributed by atoms with Crippen LogP contribution in [0.1, 0.15) is 33.1 Å². The lowest BCUT2D eigenvalue weighted by molar-refractivity contribution is -0.138. The molecule has 1 saturated heterocycles. The summed E-state index contributed by atoms with van der Waals surface area (Å²) in [6.07, 6.45) is 2.08. The monoisotopic (exact) mass is 265 g/mol. The van der Waals surface area contributed by atoms with Crippen molar-refractivity contribution < 1.29 is 14.3 Å². The molecule has 4 heteroatoms. The van der Waals surface area contributed by atoms with Gasteiger partial charge in [0.25, 0.3) is 0 Å². The number of anilines is 1. The van der Waals surface area contributed by atoms with Crippen LogP contribution in [-0.4, -0.2) is 23.2 Å². The van der Waals surface area contributed by atoms with Crippen molar-refractivity contribution in [2.45, 2.75) is 38.6 Å². The summed E-state index contributed by atoms with van der Waals surface area (Å²) in [7, 11) is 0. The molecule has 0 aromatic heterocycles. The van der Waals surface area contributed by atoms with Gasteiger partial charge < -0.3 is 10.0 Å². The Labute approximate surface area is 113 Å². The summed E-state index contributed by atoms with van der Waals surface area (Å²) < 4.78 is 13.0. The third kappa shape index (κ3) is 3.25. The minimum absolute atomic E-state index is 0.0210. The highest BCUT2D eigenvalue weighted by Gasteiger charge is 2.34. The number of carbonyl (C=O) groups is 1. The first-order chi connectivity index (χ1) is 8.88. The quantitative estimate of drug-likeness (QED) is 0.911. The smallest absolute Gasteiger partial charge is 0.303 e. The first kappa shape index (κ1) is 13.8. The van der Waals surface area contributed by atoms with E-state index in [-0.39, 0.29) is 23.7 Å². The summed E-state index contributed by atoms with van der Waals surface area (Å²) in [5, 5.41) is 8.92. The van der Waals surface area contributed by atoms with E-state index in [2.05, 4.69) is 18.7 Å². The van der Waals surface area contributed by atoms with Crippen molar-refractivity contribution in [2.24, 2.45) is 5.92 Å². The van der Waals surface area contributed by atoms with Gasteiger partial charge in [-0.25, -0.2) is 4.39 Å². The van der Waals surface area contributed by atoms with Crippen molar-refractivity contribution in [1.82, 2.24) is 0 Å². The molecule has 1 heterocycles. The standard InChI is InChI=1S/C15H20FNO2/c1-15(2)8-7-11(9-14(18)19)10-17(15)13-5-3-12(16)4-6-13/h3-6,11H,7-10H2,1-2H3,(H,18,19). The molecule has 1 aliphatic heterocycles. The fraction of sp³-hybridized carbons (Fsp3) is 0.533. The molecule has 3 nitrogen and oxygen atoms in total. The summed E-state index contributed by atoms with van der Waals surface area (Å²) in [5.74, 6) is -0.833. The van der Waals surface area contributed by atoms with Crippen molar-refractivity contribution in [2.75, 3.05) is 11.4 Å². The van der Waals surface area contributed by atoms with Gasteiger partial charge in [0.2, 0.25) is 0 Å². The van der Waals surface area contributed by atoms with Gasteiger partial charge in [0, 0.05) is 24.2 Å². The van der Waals surface area contributed by atoms with E-state index >= 15 is 0 Å². The Hall–Kier alpha value is -1.58. The highest BCUT2D eigenvalue weighted by Crippen LogP contribution is 2.35. The molecule has 1 aromatic carbocycles. The number of carboxylic acids is 1. The topological polar surface area (TPSA) is 40.5 Å². The van der Waals surface area contributed by atoms with Crippen molar-refractivity contribution in [3.8, 4) is 0 Å². The van der Waals surface area contributed by atoms with Crippen LogP contribution < -0.4 is 4.90 Å². The lowest BCUT2D eigenvalue weighted by Crippen LogP contribution is -2.51. The van der Waals surface area contributed by atoms with Crippen LogP contribution in [0.15, 0.2) is 24.3 Å². The fourth-order valence-electron chi connectivity index (χ4n) is 2.78. The van der Waals surface area contributed by atoms with Crippen molar-refractivity contribution in [1.29, 1.82) is 0 Å². The first-order valence-electron chi connectivity index (χ1n) is 6.63. The van der Waals surface area contributed by atoms with Gasteiger partial charge in [-0.15, -0.1) is 0 Å². The Morgan fingerprint density at radius 1 is 1.42 bits per heavy atom. The number of aliphatic carboxylic acids is 1. The predicted octanol–water partition coefficient (Wildman–Crippen LogP) is 3.30. The first-order valence-corrected chi connectivity index (χ1v) is 6.63. The van der Waals surface area contributed by atoms with E-state index in [4.69, 9.17) is 5.11 Å². The summed E-state index contributed by atoms with van der Waals surface area (Å²) in [4.78, 5) is 13.0. The van der Waals surface area contributed by atoms with Gasteiger partial charge >= 0.3 is 5.97 Å². The van der Waals surface area contributed by atoms with E-state index < -0.39 is 5.97 Å². The van der Waals surface area contributed by atoms with E-state index in [1.165, 1.54) is 12.1 Å². The molecule has 19 heavy (non-hydrogen) atoms. The van der Waals surface area contributed by atoms with Crippen molar-refractivity contribution in [3.63, 3.8) is 0 Å². The molecule has 0 amide bonds. The Kier molecular flexibility index (Phi) is 3.78. The van der Waals surface area contributed by atoms with Gasteiger partial charge in [-0.2, -0.15) is 0 Å². The molecule has 0 spiro atoms. The summed E-state index contributed by atoms with van der Waals surface area (Å²) >= 11 is 0. The Bertz CT molecular complexity index is 456. The van der Waals surface area contributed by atoms with Gasteiger partial charge in [0.05, 0.1) is 0 Å². The Morgan fingerprint density at radius 3 is 2.63 bits per heavy atom. The van der Waals surface area contributed by atoms with Gasteiger partial charge in [-0.1, -0.05) is 0 Å². The van der Waals surface area contributed by atoms with Gasteiger partial charge in [0.1, 0.15) is 5.82 Å². The van der Waals surface area contributed by atoms with Crippen LogP contribution in [0.3, 0.4) is 0 Å². The molecular formula is C15H20FNO2. The van der Waals surface area contributed by atoms with Crippen LogP contribution in [-0.2, 0) is 4.79 Å². The van der Waals surface area contributed by atoms with E-state index in [1.54, 1.807) is 12.1 Å². The van der Waals surface area contributed by atoms with Gasteiger partial charge in [-0.05, 0) is 56.9 Å². The largest absolute Gasteiger partial charge is 0.481 e. The van der Waals surface area contributed by atoms with E-state index in [0.717, 1.165) is 18.5 Å². The van der Waals surface area contributed by atoms with Crippen LogP contribution in [0, 0.1) is 11.7 Å². The zero-order chi connectivity index (χ0) is 14.0. The van der Waals surface area contributed by atoms with E-state index in [9.17, 15) is 9.18 Å². The second-order valence-electron chi connectivity index (χ2n) is 5.90. The van der Waals surface area contributed by atoms with E-state index in [1.807, 2.05) is 0 Å².